The van der Waals surface area contributed by atoms with E-state index in [1.807, 2.05) is 12.1 Å². The zero-order chi connectivity index (χ0) is 12.0. The molecule has 0 radical (unpaired) electrons. The molecule has 0 amide bonds. The van der Waals surface area contributed by atoms with E-state index in [1.165, 1.54) is 12.1 Å². The molecule has 0 saturated carbocycles. The lowest BCUT2D eigenvalue weighted by molar-refractivity contribution is 0.194. The predicted molar refractivity (Wildman–Crippen MR) is 64.9 cm³/mol. The van der Waals surface area contributed by atoms with Crippen LogP contribution in [-0.4, -0.2) is 11.7 Å². The molecule has 2 unspecified atom stereocenters. The highest BCUT2D eigenvalue weighted by molar-refractivity contribution is 5.21. The first-order valence-corrected chi connectivity index (χ1v) is 6.09. The van der Waals surface area contributed by atoms with E-state index < -0.39 is 0 Å². The summed E-state index contributed by atoms with van der Waals surface area (Å²) in [6.45, 7) is 4.44. The molecular formula is C14H21FO. The van der Waals surface area contributed by atoms with Gasteiger partial charge in [0.15, 0.2) is 0 Å². The van der Waals surface area contributed by atoms with Gasteiger partial charge in [0.25, 0.3) is 0 Å². The average Bonchev–Trinajstić information content (AvgIpc) is 2.31. The Morgan fingerprint density at radius 3 is 2.25 bits per heavy atom. The quantitative estimate of drug-likeness (QED) is 0.780. The molecule has 1 nitrogen and oxygen atoms in total. The van der Waals surface area contributed by atoms with Crippen LogP contribution in [0.15, 0.2) is 24.3 Å². The van der Waals surface area contributed by atoms with Crippen LogP contribution >= 0.6 is 0 Å². The Kier molecular flexibility index (Phi) is 5.47. The van der Waals surface area contributed by atoms with Crippen LogP contribution in [0.2, 0.25) is 0 Å². The van der Waals surface area contributed by atoms with Gasteiger partial charge in [-0.2, -0.15) is 0 Å². The molecular weight excluding hydrogens is 203 g/mol. The highest BCUT2D eigenvalue weighted by Crippen LogP contribution is 2.31. The van der Waals surface area contributed by atoms with Crippen molar-refractivity contribution in [2.24, 2.45) is 5.92 Å². The maximum absolute atomic E-state index is 12.9. The normalized spacial score (nSPS) is 14.8. The van der Waals surface area contributed by atoms with E-state index in [0.29, 0.717) is 5.92 Å². The Balaban J connectivity index is 2.87. The average molecular weight is 224 g/mol. The van der Waals surface area contributed by atoms with Crippen molar-refractivity contribution < 1.29 is 9.50 Å². The van der Waals surface area contributed by atoms with Crippen molar-refractivity contribution in [1.29, 1.82) is 0 Å². The smallest absolute Gasteiger partial charge is 0.123 e. The number of hydrogen-bond acceptors (Lipinski definition) is 1. The predicted octanol–water partition coefficient (Wildman–Crippen LogP) is 3.73. The number of hydrogen-bond donors (Lipinski definition) is 1. The summed E-state index contributed by atoms with van der Waals surface area (Å²) in [6.07, 6.45) is 3.09. The van der Waals surface area contributed by atoms with Crippen molar-refractivity contribution in [2.75, 3.05) is 6.61 Å². The van der Waals surface area contributed by atoms with Crippen LogP contribution < -0.4 is 0 Å². The van der Waals surface area contributed by atoms with Crippen molar-refractivity contribution in [1.82, 2.24) is 0 Å². The lowest BCUT2D eigenvalue weighted by Gasteiger charge is -2.24. The number of benzene rings is 1. The number of halogens is 1. The van der Waals surface area contributed by atoms with Crippen LogP contribution in [0.3, 0.4) is 0 Å². The minimum Gasteiger partial charge on any atom is -0.396 e. The number of aliphatic hydroxyl groups is 1. The van der Waals surface area contributed by atoms with Gasteiger partial charge in [0.2, 0.25) is 0 Å². The van der Waals surface area contributed by atoms with Gasteiger partial charge in [0.1, 0.15) is 5.82 Å². The maximum Gasteiger partial charge on any atom is 0.123 e. The summed E-state index contributed by atoms with van der Waals surface area (Å²) in [7, 11) is 0. The number of aliphatic hydroxyl groups excluding tert-OH is 1. The third-order valence-corrected chi connectivity index (χ3v) is 3.23. The van der Waals surface area contributed by atoms with Gasteiger partial charge in [-0.05, 0) is 36.0 Å². The molecule has 1 rings (SSSR count). The highest BCUT2D eigenvalue weighted by Gasteiger charge is 2.20. The molecule has 2 atom stereocenters. The van der Waals surface area contributed by atoms with E-state index in [-0.39, 0.29) is 18.3 Å². The minimum atomic E-state index is -0.198. The lowest BCUT2D eigenvalue weighted by atomic mass is 9.82. The van der Waals surface area contributed by atoms with E-state index in [2.05, 4.69) is 13.8 Å². The van der Waals surface area contributed by atoms with E-state index in [4.69, 9.17) is 0 Å². The van der Waals surface area contributed by atoms with E-state index in [1.54, 1.807) is 0 Å². The van der Waals surface area contributed by atoms with Crippen LogP contribution in [0.4, 0.5) is 4.39 Å². The molecule has 0 saturated heterocycles. The fraction of sp³-hybridized carbons (Fsp3) is 0.571. The van der Waals surface area contributed by atoms with Crippen LogP contribution in [0.5, 0.6) is 0 Å². The van der Waals surface area contributed by atoms with Gasteiger partial charge >= 0.3 is 0 Å². The zero-order valence-corrected chi connectivity index (χ0v) is 10.1. The Hall–Kier alpha value is -0.890. The second-order valence-corrected chi connectivity index (χ2v) is 4.30. The molecule has 1 aromatic rings. The molecule has 90 valence electrons. The van der Waals surface area contributed by atoms with Crippen LogP contribution in [0.25, 0.3) is 0 Å². The Labute approximate surface area is 97.3 Å². The van der Waals surface area contributed by atoms with Crippen molar-refractivity contribution in [3.8, 4) is 0 Å². The molecule has 0 aliphatic carbocycles. The lowest BCUT2D eigenvalue weighted by Crippen LogP contribution is -2.16. The third kappa shape index (κ3) is 3.31. The molecule has 16 heavy (non-hydrogen) atoms. The first kappa shape index (κ1) is 13.2. The summed E-state index contributed by atoms with van der Waals surface area (Å²) in [5.74, 6) is 0.432. The molecule has 0 spiro atoms. The van der Waals surface area contributed by atoms with Gasteiger partial charge in [-0.3, -0.25) is 0 Å². The molecule has 0 heterocycles. The van der Waals surface area contributed by atoms with E-state index >= 15 is 0 Å². The van der Waals surface area contributed by atoms with Crippen LogP contribution in [0.1, 0.15) is 44.6 Å². The van der Waals surface area contributed by atoms with Gasteiger partial charge < -0.3 is 5.11 Å². The standard InChI is InChI=1S/C14H21FO/c1-3-5-14(11(4-2)10-16)12-6-8-13(15)9-7-12/h6-9,11,14,16H,3-5,10H2,1-2H3. The largest absolute Gasteiger partial charge is 0.396 e. The van der Waals surface area contributed by atoms with E-state index in [9.17, 15) is 9.50 Å². The molecule has 0 aromatic heterocycles. The molecule has 0 aliphatic rings. The number of rotatable bonds is 6. The third-order valence-electron chi connectivity index (χ3n) is 3.23. The fourth-order valence-corrected chi connectivity index (χ4v) is 2.24. The molecule has 0 fully saturated rings. The summed E-state index contributed by atoms with van der Waals surface area (Å²) in [5, 5.41) is 9.36. The Morgan fingerprint density at radius 1 is 1.19 bits per heavy atom. The van der Waals surface area contributed by atoms with Crippen molar-refractivity contribution in [3.63, 3.8) is 0 Å². The summed E-state index contributed by atoms with van der Waals surface area (Å²) in [4.78, 5) is 0. The van der Waals surface area contributed by atoms with Gasteiger partial charge in [0.05, 0.1) is 0 Å². The maximum atomic E-state index is 12.9. The second kappa shape index (κ2) is 6.64. The van der Waals surface area contributed by atoms with Gasteiger partial charge in [0, 0.05) is 6.61 Å². The first-order valence-electron chi connectivity index (χ1n) is 6.09. The second-order valence-electron chi connectivity index (χ2n) is 4.30. The molecule has 0 aliphatic heterocycles. The van der Waals surface area contributed by atoms with Crippen LogP contribution in [-0.2, 0) is 0 Å². The summed E-state index contributed by atoms with van der Waals surface area (Å²) in [5.41, 5.74) is 1.14. The fourth-order valence-electron chi connectivity index (χ4n) is 2.24. The first-order chi connectivity index (χ1) is 7.72. The Bertz CT molecular complexity index is 290. The van der Waals surface area contributed by atoms with Gasteiger partial charge in [-0.1, -0.05) is 38.8 Å². The molecule has 1 aromatic carbocycles. The SMILES string of the molecule is CCCC(c1ccc(F)cc1)C(CC)CO. The Morgan fingerprint density at radius 2 is 1.81 bits per heavy atom. The van der Waals surface area contributed by atoms with Crippen molar-refractivity contribution in [2.45, 2.75) is 39.0 Å². The topological polar surface area (TPSA) is 20.2 Å². The minimum absolute atomic E-state index is 0.198. The highest BCUT2D eigenvalue weighted by atomic mass is 19.1. The molecule has 1 N–H and O–H groups in total. The van der Waals surface area contributed by atoms with Crippen molar-refractivity contribution in [3.05, 3.63) is 35.6 Å². The van der Waals surface area contributed by atoms with Crippen molar-refractivity contribution >= 4 is 0 Å². The summed E-state index contributed by atoms with van der Waals surface area (Å²) >= 11 is 0. The molecule has 2 heteroatoms. The monoisotopic (exact) mass is 224 g/mol. The summed E-state index contributed by atoms with van der Waals surface area (Å²) < 4.78 is 12.9. The summed E-state index contributed by atoms with van der Waals surface area (Å²) in [6, 6.07) is 6.69. The van der Waals surface area contributed by atoms with E-state index in [0.717, 1.165) is 24.8 Å². The zero-order valence-electron chi connectivity index (χ0n) is 10.1. The van der Waals surface area contributed by atoms with Gasteiger partial charge in [-0.15, -0.1) is 0 Å². The molecule has 0 bridgehead atoms. The van der Waals surface area contributed by atoms with Crippen LogP contribution in [0, 0.1) is 11.7 Å². The van der Waals surface area contributed by atoms with Gasteiger partial charge in [-0.25, -0.2) is 4.39 Å².